The van der Waals surface area contributed by atoms with E-state index < -0.39 is 6.55 Å². The molecule has 1 heterocycles. The summed E-state index contributed by atoms with van der Waals surface area (Å²) in [6.07, 6.45) is 2.59. The van der Waals surface area contributed by atoms with Crippen LogP contribution in [0.4, 0.5) is 8.78 Å². The molecule has 0 aliphatic carbocycles. The van der Waals surface area contributed by atoms with Gasteiger partial charge in [-0.2, -0.15) is 8.78 Å². The molecule has 0 aliphatic rings. The number of halogens is 4. The fourth-order valence-electron chi connectivity index (χ4n) is 1.20. The van der Waals surface area contributed by atoms with Gasteiger partial charge in [-0.15, -0.1) is 24.8 Å². The predicted octanol–water partition coefficient (Wildman–Crippen LogP) is 1.48. The summed E-state index contributed by atoms with van der Waals surface area (Å²) in [5.74, 6) is -0.160. The smallest absolute Gasteiger partial charge is 0.319 e. The van der Waals surface area contributed by atoms with E-state index in [0.717, 1.165) is 6.20 Å². The lowest BCUT2D eigenvalue weighted by molar-refractivity contribution is -0.121. The van der Waals surface area contributed by atoms with E-state index in [2.05, 4.69) is 10.3 Å². The lowest BCUT2D eigenvalue weighted by atomic mass is 10.2. The maximum Gasteiger partial charge on any atom is 0.319 e. The molecule has 0 aromatic carbocycles. The largest absolute Gasteiger partial charge is 0.349 e. The molecule has 0 bridgehead atoms. The molecule has 9 heteroatoms. The topological polar surface area (TPSA) is 72.9 Å². The van der Waals surface area contributed by atoms with Crippen molar-refractivity contribution in [1.29, 1.82) is 0 Å². The van der Waals surface area contributed by atoms with E-state index in [4.69, 9.17) is 5.73 Å². The second-order valence-electron chi connectivity index (χ2n) is 3.49. The molecule has 5 nitrogen and oxygen atoms in total. The molecule has 1 rings (SSSR count). The van der Waals surface area contributed by atoms with Crippen LogP contribution in [-0.4, -0.2) is 21.5 Å². The molecule has 0 aliphatic heterocycles. The number of amides is 1. The Bertz CT molecular complexity index is 360. The summed E-state index contributed by atoms with van der Waals surface area (Å²) in [5.41, 5.74) is 5.42. The van der Waals surface area contributed by atoms with Gasteiger partial charge in [-0.25, -0.2) is 4.98 Å². The van der Waals surface area contributed by atoms with Gasteiger partial charge in [0.05, 0.1) is 6.54 Å². The Morgan fingerprint density at radius 1 is 1.56 bits per heavy atom. The van der Waals surface area contributed by atoms with Crippen LogP contribution in [0.3, 0.4) is 0 Å². The fraction of sp³-hybridized carbons (Fsp3) is 0.556. The highest BCUT2D eigenvalue weighted by Crippen LogP contribution is 2.11. The summed E-state index contributed by atoms with van der Waals surface area (Å²) < 4.78 is 25.5. The summed E-state index contributed by atoms with van der Waals surface area (Å²) in [6.45, 7) is -0.981. The summed E-state index contributed by atoms with van der Waals surface area (Å²) in [5, 5.41) is 2.48. The molecule has 1 unspecified atom stereocenters. The minimum absolute atomic E-state index is 0. The van der Waals surface area contributed by atoms with Crippen molar-refractivity contribution in [3.8, 4) is 0 Å². The van der Waals surface area contributed by atoms with Crippen LogP contribution in [0.5, 0.6) is 0 Å². The molecule has 18 heavy (non-hydrogen) atoms. The minimum atomic E-state index is -2.65. The van der Waals surface area contributed by atoms with Gasteiger partial charge >= 0.3 is 6.55 Å². The number of nitrogens with zero attached hydrogens (tertiary/aromatic N) is 2. The molecule has 0 saturated heterocycles. The Morgan fingerprint density at radius 2 is 2.17 bits per heavy atom. The van der Waals surface area contributed by atoms with Gasteiger partial charge in [-0.3, -0.25) is 9.36 Å². The first kappa shape index (κ1) is 19.4. The number of carbonyl (C=O) groups excluding carboxylic acids is 1. The normalized spacial score (nSPS) is 11.4. The molecule has 1 aromatic rings. The van der Waals surface area contributed by atoms with Crippen molar-refractivity contribution in [1.82, 2.24) is 14.9 Å². The van der Waals surface area contributed by atoms with Gasteiger partial charge in [0.15, 0.2) is 0 Å². The van der Waals surface area contributed by atoms with Crippen LogP contribution < -0.4 is 11.1 Å². The van der Waals surface area contributed by atoms with E-state index in [1.165, 1.54) is 6.20 Å². The first-order valence-electron chi connectivity index (χ1n) is 4.83. The Hall–Kier alpha value is -0.920. The lowest BCUT2D eigenvalue weighted by Gasteiger charge is -2.08. The Balaban J connectivity index is 0. The summed E-state index contributed by atoms with van der Waals surface area (Å²) in [6, 6.07) is -0.255. The van der Waals surface area contributed by atoms with Crippen molar-refractivity contribution in [3.63, 3.8) is 0 Å². The molecule has 1 atom stereocenters. The van der Waals surface area contributed by atoms with E-state index in [9.17, 15) is 13.6 Å². The average Bonchev–Trinajstić information content (AvgIpc) is 2.61. The molecule has 1 aromatic heterocycles. The zero-order valence-corrected chi connectivity index (χ0v) is 11.3. The molecule has 106 valence electrons. The zero-order chi connectivity index (χ0) is 12.1. The molecule has 0 spiro atoms. The van der Waals surface area contributed by atoms with Gasteiger partial charge in [0, 0.05) is 24.9 Å². The quantitative estimate of drug-likeness (QED) is 0.865. The van der Waals surface area contributed by atoms with Crippen molar-refractivity contribution in [3.05, 3.63) is 18.2 Å². The standard InChI is InChI=1S/C9H14F2N4O.2ClH/c1-6(12)4-8(16)14-5-7-13-2-3-15(7)9(10)11;;/h2-3,6,9H,4-5,12H2,1H3,(H,14,16);2*1H. The van der Waals surface area contributed by atoms with Crippen molar-refractivity contribution in [2.75, 3.05) is 0 Å². The lowest BCUT2D eigenvalue weighted by Crippen LogP contribution is -2.30. The summed E-state index contributed by atoms with van der Waals surface area (Å²) in [4.78, 5) is 14.9. The van der Waals surface area contributed by atoms with Gasteiger partial charge in [0.1, 0.15) is 5.82 Å². The predicted molar refractivity (Wildman–Crippen MR) is 68.1 cm³/mol. The number of nitrogens with one attached hydrogen (secondary N) is 1. The number of hydrogen-bond donors (Lipinski definition) is 2. The third kappa shape index (κ3) is 6.13. The first-order valence-corrected chi connectivity index (χ1v) is 4.83. The highest BCUT2D eigenvalue weighted by atomic mass is 35.5. The number of alkyl halides is 2. The van der Waals surface area contributed by atoms with Crippen LogP contribution in [0.1, 0.15) is 25.7 Å². The molecule has 3 N–H and O–H groups in total. The highest BCUT2D eigenvalue weighted by molar-refractivity contribution is 5.85. The first-order chi connectivity index (χ1) is 7.50. The maximum absolute atomic E-state index is 12.4. The average molecular weight is 305 g/mol. The van der Waals surface area contributed by atoms with E-state index in [-0.39, 0.29) is 55.6 Å². The van der Waals surface area contributed by atoms with Gasteiger partial charge in [0.25, 0.3) is 0 Å². The third-order valence-electron chi connectivity index (χ3n) is 1.91. The number of carbonyl (C=O) groups is 1. The van der Waals surface area contributed by atoms with E-state index in [1.54, 1.807) is 6.92 Å². The van der Waals surface area contributed by atoms with Gasteiger partial charge in [0.2, 0.25) is 5.91 Å². The summed E-state index contributed by atoms with van der Waals surface area (Å²) in [7, 11) is 0. The van der Waals surface area contributed by atoms with Gasteiger partial charge in [-0.1, -0.05) is 0 Å². The van der Waals surface area contributed by atoms with Crippen molar-refractivity contribution in [2.45, 2.75) is 32.5 Å². The second kappa shape index (κ2) is 9.07. The van der Waals surface area contributed by atoms with Crippen LogP contribution in [-0.2, 0) is 11.3 Å². The van der Waals surface area contributed by atoms with Crippen molar-refractivity contribution >= 4 is 30.7 Å². The molecular formula is C9H16Cl2F2N4O. The van der Waals surface area contributed by atoms with Crippen molar-refractivity contribution in [2.24, 2.45) is 5.73 Å². The Labute approximate surface area is 116 Å². The molecule has 0 fully saturated rings. The number of nitrogens with two attached hydrogens (primary N) is 1. The highest BCUT2D eigenvalue weighted by Gasteiger charge is 2.12. The van der Waals surface area contributed by atoms with Crippen molar-refractivity contribution < 1.29 is 13.6 Å². The van der Waals surface area contributed by atoms with Crippen LogP contribution in [0.15, 0.2) is 12.4 Å². The SMILES string of the molecule is CC(N)CC(=O)NCc1nccn1C(F)F.Cl.Cl. The number of aromatic nitrogens is 2. The summed E-state index contributed by atoms with van der Waals surface area (Å²) >= 11 is 0. The zero-order valence-electron chi connectivity index (χ0n) is 9.68. The van der Waals surface area contributed by atoms with E-state index >= 15 is 0 Å². The van der Waals surface area contributed by atoms with E-state index in [1.807, 2.05) is 0 Å². The van der Waals surface area contributed by atoms with Crippen LogP contribution in [0, 0.1) is 0 Å². The Morgan fingerprint density at radius 3 is 2.67 bits per heavy atom. The van der Waals surface area contributed by atoms with Crippen LogP contribution in [0.2, 0.25) is 0 Å². The molecular weight excluding hydrogens is 289 g/mol. The second-order valence-corrected chi connectivity index (χ2v) is 3.49. The minimum Gasteiger partial charge on any atom is -0.349 e. The molecule has 0 saturated carbocycles. The Kier molecular flexibility index (Phi) is 9.78. The number of imidazole rings is 1. The monoisotopic (exact) mass is 304 g/mol. The maximum atomic E-state index is 12.4. The van der Waals surface area contributed by atoms with Crippen LogP contribution >= 0.6 is 24.8 Å². The van der Waals surface area contributed by atoms with Crippen LogP contribution in [0.25, 0.3) is 0 Å². The van der Waals surface area contributed by atoms with E-state index in [0.29, 0.717) is 4.57 Å². The molecule has 1 amide bonds. The van der Waals surface area contributed by atoms with Gasteiger partial charge in [-0.05, 0) is 6.92 Å². The molecule has 0 radical (unpaired) electrons. The number of hydrogen-bond acceptors (Lipinski definition) is 3. The van der Waals surface area contributed by atoms with Gasteiger partial charge < -0.3 is 11.1 Å². The third-order valence-corrected chi connectivity index (χ3v) is 1.91. The fourth-order valence-corrected chi connectivity index (χ4v) is 1.20. The number of rotatable bonds is 5.